The van der Waals surface area contributed by atoms with Crippen LogP contribution in [0, 0.1) is 0 Å². The summed E-state index contributed by atoms with van der Waals surface area (Å²) in [5.41, 5.74) is 2.23. The Labute approximate surface area is 158 Å². The van der Waals surface area contributed by atoms with Crippen molar-refractivity contribution in [1.82, 2.24) is 25.1 Å². The van der Waals surface area contributed by atoms with Crippen LogP contribution in [0.4, 0.5) is 5.69 Å². The Kier molecular flexibility index (Phi) is 5.80. The molecule has 1 amide bonds. The normalized spacial score (nSPS) is 10.8. The van der Waals surface area contributed by atoms with Crippen LogP contribution in [0.25, 0.3) is 0 Å². The average Bonchev–Trinajstić information content (AvgIpc) is 3.06. The quantitative estimate of drug-likeness (QED) is 0.673. The van der Waals surface area contributed by atoms with Crippen molar-refractivity contribution in [2.24, 2.45) is 7.05 Å². The molecule has 140 valence electrons. The predicted molar refractivity (Wildman–Crippen MR) is 104 cm³/mol. The fraction of sp³-hybridized carbons (Fsp3) is 0.300. The van der Waals surface area contributed by atoms with E-state index in [2.05, 4.69) is 39.7 Å². The van der Waals surface area contributed by atoms with Gasteiger partial charge in [-0.2, -0.15) is 0 Å². The number of nitrogens with one attached hydrogen (secondary N) is 2. The molecule has 27 heavy (non-hydrogen) atoms. The Morgan fingerprint density at radius 3 is 2.59 bits per heavy atom. The summed E-state index contributed by atoms with van der Waals surface area (Å²) in [5.74, 6) is 1.90. The van der Waals surface area contributed by atoms with E-state index in [1.165, 1.54) is 0 Å². The summed E-state index contributed by atoms with van der Waals surface area (Å²) >= 11 is 0. The first-order chi connectivity index (χ1) is 13.0. The Bertz CT molecular complexity index is 904. The molecule has 3 rings (SSSR count). The molecule has 2 aromatic heterocycles. The van der Waals surface area contributed by atoms with E-state index in [0.29, 0.717) is 24.7 Å². The minimum Gasteiger partial charge on any atom is -0.378 e. The second kappa shape index (κ2) is 8.44. The van der Waals surface area contributed by atoms with Gasteiger partial charge in [-0.15, -0.1) is 10.2 Å². The molecule has 2 heterocycles. The van der Waals surface area contributed by atoms with Gasteiger partial charge in [0.05, 0.1) is 6.54 Å². The third kappa shape index (κ3) is 4.69. The second-order valence-corrected chi connectivity index (χ2v) is 6.64. The molecular formula is C20H24N6O. The van der Waals surface area contributed by atoms with E-state index >= 15 is 0 Å². The van der Waals surface area contributed by atoms with Crippen molar-refractivity contribution < 1.29 is 4.79 Å². The Balaban J connectivity index is 1.61. The van der Waals surface area contributed by atoms with E-state index in [4.69, 9.17) is 0 Å². The highest BCUT2D eigenvalue weighted by Crippen LogP contribution is 2.14. The van der Waals surface area contributed by atoms with Crippen LogP contribution in [0.1, 0.15) is 47.5 Å². The molecule has 0 spiro atoms. The number of rotatable bonds is 7. The molecule has 0 saturated heterocycles. The van der Waals surface area contributed by atoms with Gasteiger partial charge in [-0.25, -0.2) is 0 Å². The Morgan fingerprint density at radius 2 is 1.89 bits per heavy atom. The number of hydrogen-bond donors (Lipinski definition) is 2. The first-order valence-corrected chi connectivity index (χ1v) is 8.95. The second-order valence-electron chi connectivity index (χ2n) is 6.64. The smallest absolute Gasteiger partial charge is 0.270 e. The molecule has 1 aromatic carbocycles. The molecular weight excluding hydrogens is 340 g/mol. The van der Waals surface area contributed by atoms with Crippen LogP contribution in [0.3, 0.4) is 0 Å². The predicted octanol–water partition coefficient (Wildman–Crippen LogP) is 2.88. The van der Waals surface area contributed by atoms with Crippen LogP contribution in [-0.2, 0) is 20.1 Å². The maximum atomic E-state index is 12.3. The Morgan fingerprint density at radius 1 is 1.11 bits per heavy atom. The standard InChI is InChI=1S/C20H24N6O/c1-14(2)19-25-24-18(26(19)3)13-22-16-9-10-21-17(11-16)20(27)23-12-15-7-5-4-6-8-15/h4-11,14H,12-13H2,1-3H3,(H,21,22)(H,23,27). The van der Waals surface area contributed by atoms with Gasteiger partial charge in [0.15, 0.2) is 5.82 Å². The van der Waals surface area contributed by atoms with Crippen LogP contribution in [0.5, 0.6) is 0 Å². The summed E-state index contributed by atoms with van der Waals surface area (Å²) in [7, 11) is 1.96. The zero-order valence-corrected chi connectivity index (χ0v) is 15.8. The van der Waals surface area contributed by atoms with Gasteiger partial charge in [0, 0.05) is 31.4 Å². The highest BCUT2D eigenvalue weighted by atomic mass is 16.1. The molecule has 0 aliphatic rings. The molecule has 0 aliphatic heterocycles. The number of anilines is 1. The number of nitrogens with zero attached hydrogens (tertiary/aromatic N) is 4. The van der Waals surface area contributed by atoms with E-state index in [-0.39, 0.29) is 5.91 Å². The third-order valence-corrected chi connectivity index (χ3v) is 4.25. The van der Waals surface area contributed by atoms with Crippen LogP contribution < -0.4 is 10.6 Å². The van der Waals surface area contributed by atoms with Gasteiger partial charge in [-0.3, -0.25) is 9.78 Å². The number of amides is 1. The molecule has 0 bridgehead atoms. The molecule has 0 fully saturated rings. The fourth-order valence-electron chi connectivity index (χ4n) is 2.75. The molecule has 0 aliphatic carbocycles. The highest BCUT2D eigenvalue weighted by molar-refractivity contribution is 5.93. The lowest BCUT2D eigenvalue weighted by atomic mass is 10.2. The summed E-state index contributed by atoms with van der Waals surface area (Å²) in [5, 5.41) is 14.6. The van der Waals surface area contributed by atoms with E-state index in [9.17, 15) is 4.79 Å². The van der Waals surface area contributed by atoms with Gasteiger partial charge >= 0.3 is 0 Å². The van der Waals surface area contributed by atoms with E-state index in [1.54, 1.807) is 12.3 Å². The number of hydrogen-bond acceptors (Lipinski definition) is 5. The maximum absolute atomic E-state index is 12.3. The van der Waals surface area contributed by atoms with Gasteiger partial charge in [0.25, 0.3) is 5.91 Å². The molecule has 2 N–H and O–H groups in total. The molecule has 3 aromatic rings. The van der Waals surface area contributed by atoms with Crippen LogP contribution in [-0.4, -0.2) is 25.7 Å². The molecule has 7 heteroatoms. The summed E-state index contributed by atoms with van der Waals surface area (Å²) in [6.45, 7) is 5.16. The Hall–Kier alpha value is -3.22. The molecule has 0 atom stereocenters. The lowest BCUT2D eigenvalue weighted by molar-refractivity contribution is 0.0946. The van der Waals surface area contributed by atoms with Crippen LogP contribution in [0.2, 0.25) is 0 Å². The van der Waals surface area contributed by atoms with E-state index < -0.39 is 0 Å². The summed E-state index contributed by atoms with van der Waals surface area (Å²) < 4.78 is 1.99. The minimum absolute atomic E-state index is 0.205. The number of carbonyl (C=O) groups excluding carboxylic acids is 1. The van der Waals surface area contributed by atoms with Crippen molar-refractivity contribution in [3.8, 4) is 0 Å². The third-order valence-electron chi connectivity index (χ3n) is 4.25. The summed E-state index contributed by atoms with van der Waals surface area (Å²) in [6, 6.07) is 13.3. The molecule has 7 nitrogen and oxygen atoms in total. The van der Waals surface area contributed by atoms with E-state index in [1.807, 2.05) is 48.0 Å². The van der Waals surface area contributed by atoms with Gasteiger partial charge in [-0.1, -0.05) is 44.2 Å². The van der Waals surface area contributed by atoms with Crippen molar-refractivity contribution in [1.29, 1.82) is 0 Å². The first-order valence-electron chi connectivity index (χ1n) is 8.95. The van der Waals surface area contributed by atoms with Crippen LogP contribution >= 0.6 is 0 Å². The number of carbonyl (C=O) groups is 1. The molecule has 0 unspecified atom stereocenters. The van der Waals surface area contributed by atoms with Crippen molar-refractivity contribution >= 4 is 11.6 Å². The maximum Gasteiger partial charge on any atom is 0.270 e. The lowest BCUT2D eigenvalue weighted by Crippen LogP contribution is -2.23. The van der Waals surface area contributed by atoms with Crippen molar-refractivity contribution in [3.05, 3.63) is 71.6 Å². The zero-order chi connectivity index (χ0) is 19.2. The first kappa shape index (κ1) is 18.6. The van der Waals surface area contributed by atoms with Crippen molar-refractivity contribution in [2.75, 3.05) is 5.32 Å². The van der Waals surface area contributed by atoms with Gasteiger partial charge in [-0.05, 0) is 17.7 Å². The fourth-order valence-corrected chi connectivity index (χ4v) is 2.75. The summed E-state index contributed by atoms with van der Waals surface area (Å²) in [6.07, 6.45) is 1.62. The summed E-state index contributed by atoms with van der Waals surface area (Å²) in [4.78, 5) is 16.5. The van der Waals surface area contributed by atoms with Crippen molar-refractivity contribution in [2.45, 2.75) is 32.9 Å². The monoisotopic (exact) mass is 364 g/mol. The topological polar surface area (TPSA) is 84.7 Å². The number of benzene rings is 1. The minimum atomic E-state index is -0.205. The van der Waals surface area contributed by atoms with Gasteiger partial charge < -0.3 is 15.2 Å². The van der Waals surface area contributed by atoms with Gasteiger partial charge in [0.1, 0.15) is 11.5 Å². The highest BCUT2D eigenvalue weighted by Gasteiger charge is 2.12. The van der Waals surface area contributed by atoms with Gasteiger partial charge in [0.2, 0.25) is 0 Å². The lowest BCUT2D eigenvalue weighted by Gasteiger charge is -2.09. The average molecular weight is 364 g/mol. The van der Waals surface area contributed by atoms with Crippen molar-refractivity contribution in [3.63, 3.8) is 0 Å². The van der Waals surface area contributed by atoms with E-state index in [0.717, 1.165) is 22.9 Å². The van der Waals surface area contributed by atoms with Crippen LogP contribution in [0.15, 0.2) is 48.7 Å². The SMILES string of the molecule is CC(C)c1nnc(CNc2ccnc(C(=O)NCc3ccccc3)c2)n1C. The largest absolute Gasteiger partial charge is 0.378 e. The molecule has 0 radical (unpaired) electrons. The number of aromatic nitrogens is 4. The number of pyridine rings is 1. The molecule has 0 saturated carbocycles. The zero-order valence-electron chi connectivity index (χ0n) is 15.8.